The number of ketones is 1. The maximum absolute atomic E-state index is 12.6. The Hall–Kier alpha value is -2.63. The van der Waals surface area contributed by atoms with Crippen LogP contribution in [-0.4, -0.2) is 35.8 Å². The predicted octanol–water partition coefficient (Wildman–Crippen LogP) is 3.92. The second-order valence-electron chi connectivity index (χ2n) is 10.1. The van der Waals surface area contributed by atoms with Gasteiger partial charge < -0.3 is 15.0 Å². The first-order valence-electron chi connectivity index (χ1n) is 11.4. The first-order valence-corrected chi connectivity index (χ1v) is 11.4. The van der Waals surface area contributed by atoms with Crippen LogP contribution < -0.4 is 5.32 Å². The van der Waals surface area contributed by atoms with E-state index in [9.17, 15) is 14.4 Å². The lowest BCUT2D eigenvalue weighted by atomic mass is 9.49. The number of aromatic nitrogens is 1. The summed E-state index contributed by atoms with van der Waals surface area (Å²) in [7, 11) is 0. The van der Waals surface area contributed by atoms with Gasteiger partial charge in [0.1, 0.15) is 6.54 Å². The van der Waals surface area contributed by atoms with Gasteiger partial charge in [-0.2, -0.15) is 0 Å². The van der Waals surface area contributed by atoms with Gasteiger partial charge in [-0.1, -0.05) is 18.2 Å². The van der Waals surface area contributed by atoms with Gasteiger partial charge in [0.25, 0.3) is 0 Å². The maximum atomic E-state index is 12.6. The highest BCUT2D eigenvalue weighted by atomic mass is 16.5. The van der Waals surface area contributed by atoms with Gasteiger partial charge in [0.2, 0.25) is 11.7 Å². The quantitative estimate of drug-likeness (QED) is 0.523. The molecule has 6 heteroatoms. The van der Waals surface area contributed by atoms with Gasteiger partial charge in [0.05, 0.1) is 0 Å². The predicted molar refractivity (Wildman–Crippen MR) is 117 cm³/mol. The monoisotopic (exact) mass is 422 g/mol. The Balaban J connectivity index is 1.11. The van der Waals surface area contributed by atoms with E-state index >= 15 is 0 Å². The second kappa shape index (κ2) is 7.81. The van der Waals surface area contributed by atoms with E-state index in [4.69, 9.17) is 4.74 Å². The summed E-state index contributed by atoms with van der Waals surface area (Å²) >= 11 is 0. The zero-order chi connectivity index (χ0) is 21.6. The van der Waals surface area contributed by atoms with Crippen molar-refractivity contribution >= 4 is 28.6 Å². The molecule has 0 atom stereocenters. The maximum Gasteiger partial charge on any atom is 0.325 e. The molecule has 0 radical (unpaired) electrons. The van der Waals surface area contributed by atoms with Crippen molar-refractivity contribution in [2.45, 2.75) is 51.9 Å². The number of nitrogens with one attached hydrogen (secondary N) is 2. The summed E-state index contributed by atoms with van der Waals surface area (Å²) in [5.41, 5.74) is 2.33. The van der Waals surface area contributed by atoms with Crippen LogP contribution in [0.15, 0.2) is 24.3 Å². The Bertz CT molecular complexity index is 1000. The van der Waals surface area contributed by atoms with Crippen molar-refractivity contribution in [3.05, 3.63) is 35.5 Å². The van der Waals surface area contributed by atoms with Crippen LogP contribution in [0.5, 0.6) is 0 Å². The molecular weight excluding hydrogens is 392 g/mol. The number of hydrogen-bond acceptors (Lipinski definition) is 4. The summed E-state index contributed by atoms with van der Waals surface area (Å²) in [6, 6.07) is 7.55. The fourth-order valence-electron chi connectivity index (χ4n) is 6.99. The van der Waals surface area contributed by atoms with E-state index in [2.05, 4.69) is 10.3 Å². The van der Waals surface area contributed by atoms with E-state index in [0.717, 1.165) is 53.6 Å². The third-order valence-electron chi connectivity index (χ3n) is 7.67. The van der Waals surface area contributed by atoms with Crippen molar-refractivity contribution in [1.82, 2.24) is 10.3 Å². The van der Waals surface area contributed by atoms with Crippen molar-refractivity contribution in [2.24, 2.45) is 23.2 Å². The number of rotatable bonds is 7. The Kier molecular flexibility index (Phi) is 5.11. The molecule has 4 aliphatic carbocycles. The molecule has 0 unspecified atom stereocenters. The number of aromatic amines is 1. The molecule has 31 heavy (non-hydrogen) atoms. The van der Waals surface area contributed by atoms with Crippen molar-refractivity contribution in [1.29, 1.82) is 0 Å². The molecule has 1 amide bonds. The molecule has 1 heterocycles. The van der Waals surface area contributed by atoms with Crippen LogP contribution in [0, 0.1) is 30.1 Å². The summed E-state index contributed by atoms with van der Waals surface area (Å²) in [5.74, 6) is 1.49. The summed E-state index contributed by atoms with van der Waals surface area (Å²) in [6.07, 6.45) is 8.03. The van der Waals surface area contributed by atoms with Crippen LogP contribution in [0.25, 0.3) is 10.9 Å². The van der Waals surface area contributed by atoms with E-state index in [1.165, 1.54) is 19.3 Å². The van der Waals surface area contributed by atoms with Gasteiger partial charge in [-0.25, -0.2) is 0 Å². The summed E-state index contributed by atoms with van der Waals surface area (Å²) < 4.78 is 5.16. The second-order valence-corrected chi connectivity index (χ2v) is 10.1. The largest absolute Gasteiger partial charge is 0.456 e. The van der Waals surface area contributed by atoms with Gasteiger partial charge >= 0.3 is 5.97 Å². The van der Waals surface area contributed by atoms with Gasteiger partial charge in [0, 0.05) is 28.6 Å². The molecule has 4 bridgehead atoms. The summed E-state index contributed by atoms with van der Waals surface area (Å²) in [5, 5.41) is 3.55. The highest BCUT2D eigenvalue weighted by Gasteiger charge is 2.51. The molecule has 164 valence electrons. The number of aryl methyl sites for hydroxylation is 1. The molecule has 1 aromatic heterocycles. The highest BCUT2D eigenvalue weighted by molar-refractivity contribution is 6.10. The van der Waals surface area contributed by atoms with E-state index < -0.39 is 5.97 Å². The third-order valence-corrected chi connectivity index (χ3v) is 7.67. The van der Waals surface area contributed by atoms with Crippen molar-refractivity contribution in [3.8, 4) is 0 Å². The van der Waals surface area contributed by atoms with Gasteiger partial charge in [0.15, 0.2) is 6.61 Å². The Morgan fingerprint density at radius 2 is 1.71 bits per heavy atom. The highest BCUT2D eigenvalue weighted by Crippen LogP contribution is 2.61. The summed E-state index contributed by atoms with van der Waals surface area (Å²) in [6.45, 7) is 1.32. The minimum absolute atomic E-state index is 0.0716. The molecule has 4 saturated carbocycles. The Labute approximate surface area is 182 Å². The van der Waals surface area contributed by atoms with Crippen LogP contribution in [0.2, 0.25) is 0 Å². The molecule has 6 rings (SSSR count). The lowest BCUT2D eigenvalue weighted by Crippen LogP contribution is -2.48. The fraction of sp³-hybridized carbons (Fsp3) is 0.560. The van der Waals surface area contributed by atoms with Crippen LogP contribution in [-0.2, 0) is 14.3 Å². The molecule has 0 spiro atoms. The van der Waals surface area contributed by atoms with E-state index in [0.29, 0.717) is 12.0 Å². The van der Waals surface area contributed by atoms with Gasteiger partial charge in [-0.05, 0) is 74.7 Å². The van der Waals surface area contributed by atoms with E-state index in [-0.39, 0.29) is 30.3 Å². The number of fused-ring (bicyclic) bond motifs is 1. The molecule has 0 saturated heterocycles. The number of benzene rings is 1. The molecule has 1 aromatic carbocycles. The number of ether oxygens (including phenoxy) is 1. The van der Waals surface area contributed by atoms with Crippen molar-refractivity contribution in [2.75, 3.05) is 13.2 Å². The number of H-pyrrole nitrogens is 1. The minimum atomic E-state index is -0.579. The van der Waals surface area contributed by atoms with E-state index in [1.54, 1.807) is 0 Å². The lowest BCUT2D eigenvalue weighted by Gasteiger charge is -2.56. The van der Waals surface area contributed by atoms with Crippen LogP contribution >= 0.6 is 0 Å². The van der Waals surface area contributed by atoms with E-state index in [1.807, 2.05) is 31.2 Å². The lowest BCUT2D eigenvalue weighted by molar-refractivity contribution is -0.143. The number of para-hydroxylation sites is 1. The topological polar surface area (TPSA) is 88.3 Å². The van der Waals surface area contributed by atoms with Crippen LogP contribution in [0.3, 0.4) is 0 Å². The average Bonchev–Trinajstić information content (AvgIpc) is 3.05. The van der Waals surface area contributed by atoms with Crippen LogP contribution in [0.4, 0.5) is 0 Å². The standard InChI is InChI=1S/C25H30N2O4/c1-15-24(19-4-2-3-5-20(19)27-15)21(28)14-31-23(30)13-26-22(29)12-25-9-16-6-17(10-25)8-18(7-16)11-25/h2-5,16-18,27H,6-14H2,1H3,(H,26,29). The third kappa shape index (κ3) is 4.00. The normalized spacial score (nSPS) is 28.6. The number of esters is 1. The summed E-state index contributed by atoms with van der Waals surface area (Å²) in [4.78, 5) is 40.5. The fourth-order valence-corrected chi connectivity index (χ4v) is 6.99. The molecule has 0 aliphatic heterocycles. The van der Waals surface area contributed by atoms with Crippen molar-refractivity contribution in [3.63, 3.8) is 0 Å². The molecule has 2 N–H and O–H groups in total. The molecular formula is C25H30N2O4. The first kappa shape index (κ1) is 20.3. The minimum Gasteiger partial charge on any atom is -0.456 e. The number of carbonyl (C=O) groups is 3. The molecule has 4 fully saturated rings. The van der Waals surface area contributed by atoms with Gasteiger partial charge in [-0.3, -0.25) is 14.4 Å². The van der Waals surface area contributed by atoms with Crippen molar-refractivity contribution < 1.29 is 19.1 Å². The smallest absolute Gasteiger partial charge is 0.325 e. The molecule has 4 aliphatic rings. The number of Topliss-reactive ketones (excluding diaryl/α,β-unsaturated/α-hetero) is 1. The zero-order valence-electron chi connectivity index (χ0n) is 18.0. The number of hydrogen-bond donors (Lipinski definition) is 2. The SMILES string of the molecule is Cc1[nH]c2ccccc2c1C(=O)COC(=O)CNC(=O)CC12CC3CC(CC(C3)C1)C2. The zero-order valence-corrected chi connectivity index (χ0v) is 18.0. The average molecular weight is 423 g/mol. The Morgan fingerprint density at radius 1 is 1.06 bits per heavy atom. The number of amides is 1. The first-order chi connectivity index (χ1) is 14.9. The van der Waals surface area contributed by atoms with Crippen LogP contribution in [0.1, 0.15) is 61.0 Å². The van der Waals surface area contributed by atoms with Gasteiger partial charge in [-0.15, -0.1) is 0 Å². The Morgan fingerprint density at radius 3 is 2.39 bits per heavy atom. The molecule has 6 nitrogen and oxygen atoms in total. The number of carbonyl (C=O) groups excluding carboxylic acids is 3. The molecule has 2 aromatic rings.